The van der Waals surface area contributed by atoms with E-state index in [0.29, 0.717) is 6.04 Å². The van der Waals surface area contributed by atoms with Gasteiger partial charge in [0.25, 0.3) is 0 Å². The zero-order valence-electron chi connectivity index (χ0n) is 9.66. The lowest BCUT2D eigenvalue weighted by atomic mass is 10.0. The molecule has 0 aliphatic carbocycles. The summed E-state index contributed by atoms with van der Waals surface area (Å²) in [6, 6.07) is 1.50. The summed E-state index contributed by atoms with van der Waals surface area (Å²) >= 11 is 0. The van der Waals surface area contributed by atoms with Crippen LogP contribution in [0.1, 0.15) is 38.5 Å². The highest BCUT2D eigenvalue weighted by Gasteiger charge is 2.31. The van der Waals surface area contributed by atoms with Gasteiger partial charge in [0.05, 0.1) is 19.3 Å². The number of rotatable bonds is 4. The van der Waals surface area contributed by atoms with E-state index in [-0.39, 0.29) is 0 Å². The first-order chi connectivity index (χ1) is 7.42. The molecule has 1 unspecified atom stereocenters. The van der Waals surface area contributed by atoms with Crippen LogP contribution in [-0.2, 0) is 4.74 Å². The van der Waals surface area contributed by atoms with E-state index in [2.05, 4.69) is 4.90 Å². The molecule has 2 N–H and O–H groups in total. The Hall–Kier alpha value is -0.120. The van der Waals surface area contributed by atoms with Gasteiger partial charge in [0, 0.05) is 6.04 Å². The molecule has 2 heterocycles. The highest BCUT2D eigenvalue weighted by atomic mass is 16.5. The Bertz CT molecular complexity index is 182. The van der Waals surface area contributed by atoms with Crippen LogP contribution in [0, 0.1) is 0 Å². The van der Waals surface area contributed by atoms with E-state index in [1.807, 2.05) is 0 Å². The van der Waals surface area contributed by atoms with Gasteiger partial charge in [-0.3, -0.25) is 4.90 Å². The number of ether oxygens (including phenoxy) is 1. The molecule has 2 rings (SSSR count). The van der Waals surface area contributed by atoms with E-state index in [9.17, 15) is 0 Å². The predicted octanol–water partition coefficient (Wildman–Crippen LogP) is 1.37. The number of nitrogens with two attached hydrogens (primary N) is 1. The Morgan fingerprint density at radius 2 is 2.07 bits per heavy atom. The molecule has 2 aliphatic rings. The summed E-state index contributed by atoms with van der Waals surface area (Å²) in [7, 11) is 0. The predicted molar refractivity (Wildman–Crippen MR) is 61.9 cm³/mol. The molecule has 0 saturated carbocycles. The summed E-state index contributed by atoms with van der Waals surface area (Å²) in [4.78, 5) is 2.70. The zero-order chi connectivity index (χ0) is 10.5. The quantitative estimate of drug-likeness (QED) is 0.765. The fourth-order valence-electron chi connectivity index (χ4n) is 2.76. The van der Waals surface area contributed by atoms with Crippen LogP contribution in [0.25, 0.3) is 0 Å². The third-order valence-electron chi connectivity index (χ3n) is 3.75. The van der Waals surface area contributed by atoms with Gasteiger partial charge in [-0.1, -0.05) is 12.8 Å². The summed E-state index contributed by atoms with van der Waals surface area (Å²) in [5.74, 6) is 0. The van der Waals surface area contributed by atoms with E-state index < -0.39 is 0 Å². The van der Waals surface area contributed by atoms with Gasteiger partial charge in [0.2, 0.25) is 0 Å². The Morgan fingerprint density at radius 1 is 1.20 bits per heavy atom. The van der Waals surface area contributed by atoms with Crippen molar-refractivity contribution in [3.05, 3.63) is 0 Å². The van der Waals surface area contributed by atoms with Crippen molar-refractivity contribution in [2.45, 2.75) is 50.6 Å². The molecule has 0 aromatic heterocycles. The zero-order valence-corrected chi connectivity index (χ0v) is 9.66. The standard InChI is InChI=1S/C12H24N2O/c13-7-4-6-11-5-2-1-3-8-14(11)12-9-15-10-12/h11-12H,1-10,13H2. The first kappa shape index (κ1) is 11.4. The average Bonchev–Trinajstić information content (AvgIpc) is 2.38. The molecule has 2 aliphatic heterocycles. The van der Waals surface area contributed by atoms with Crippen LogP contribution in [0.4, 0.5) is 0 Å². The number of likely N-dealkylation sites (tertiary alicyclic amines) is 1. The number of hydrogen-bond donors (Lipinski definition) is 1. The van der Waals surface area contributed by atoms with Gasteiger partial charge in [-0.2, -0.15) is 0 Å². The van der Waals surface area contributed by atoms with Gasteiger partial charge in [-0.15, -0.1) is 0 Å². The van der Waals surface area contributed by atoms with E-state index in [1.165, 1.54) is 45.1 Å². The third kappa shape index (κ3) is 2.92. The molecule has 15 heavy (non-hydrogen) atoms. The average molecular weight is 212 g/mol. The van der Waals surface area contributed by atoms with Crippen molar-refractivity contribution in [3.8, 4) is 0 Å². The summed E-state index contributed by atoms with van der Waals surface area (Å²) in [5, 5.41) is 0. The maximum Gasteiger partial charge on any atom is 0.0645 e. The summed E-state index contributed by atoms with van der Waals surface area (Å²) in [6.45, 7) is 4.03. The molecule has 2 fully saturated rings. The van der Waals surface area contributed by atoms with Gasteiger partial charge in [-0.05, 0) is 38.8 Å². The van der Waals surface area contributed by atoms with Crippen LogP contribution in [0.2, 0.25) is 0 Å². The fraction of sp³-hybridized carbons (Fsp3) is 1.00. The lowest BCUT2D eigenvalue weighted by Gasteiger charge is -2.41. The maximum atomic E-state index is 5.61. The first-order valence-corrected chi connectivity index (χ1v) is 6.45. The molecule has 0 aromatic rings. The molecule has 0 bridgehead atoms. The Balaban J connectivity index is 1.87. The van der Waals surface area contributed by atoms with Gasteiger partial charge in [0.1, 0.15) is 0 Å². The normalized spacial score (nSPS) is 29.8. The van der Waals surface area contributed by atoms with E-state index in [4.69, 9.17) is 10.5 Å². The summed E-state index contributed by atoms with van der Waals surface area (Å²) in [6.07, 6.45) is 8.01. The summed E-state index contributed by atoms with van der Waals surface area (Å²) < 4.78 is 5.32. The molecule has 2 saturated heterocycles. The highest BCUT2D eigenvalue weighted by molar-refractivity contribution is 4.85. The molecular weight excluding hydrogens is 188 g/mol. The third-order valence-corrected chi connectivity index (χ3v) is 3.75. The second-order valence-corrected chi connectivity index (χ2v) is 4.86. The summed E-state index contributed by atoms with van der Waals surface area (Å²) in [5.41, 5.74) is 5.61. The molecule has 3 nitrogen and oxygen atoms in total. The lowest BCUT2D eigenvalue weighted by Crippen LogP contribution is -2.53. The van der Waals surface area contributed by atoms with Crippen molar-refractivity contribution in [2.75, 3.05) is 26.3 Å². The Kier molecular flexibility index (Phi) is 4.42. The van der Waals surface area contributed by atoms with Crippen molar-refractivity contribution in [3.63, 3.8) is 0 Å². The topological polar surface area (TPSA) is 38.5 Å². The van der Waals surface area contributed by atoms with Crippen molar-refractivity contribution in [1.29, 1.82) is 0 Å². The molecule has 3 heteroatoms. The van der Waals surface area contributed by atoms with Gasteiger partial charge < -0.3 is 10.5 Å². The first-order valence-electron chi connectivity index (χ1n) is 6.45. The van der Waals surface area contributed by atoms with Crippen LogP contribution >= 0.6 is 0 Å². The van der Waals surface area contributed by atoms with Crippen LogP contribution in [0.15, 0.2) is 0 Å². The van der Waals surface area contributed by atoms with Gasteiger partial charge >= 0.3 is 0 Å². The minimum atomic E-state index is 0.714. The molecule has 0 radical (unpaired) electrons. The molecule has 1 atom stereocenters. The molecular formula is C12H24N2O. The molecule has 0 amide bonds. The second-order valence-electron chi connectivity index (χ2n) is 4.86. The van der Waals surface area contributed by atoms with E-state index in [1.54, 1.807) is 0 Å². The van der Waals surface area contributed by atoms with Crippen molar-refractivity contribution >= 4 is 0 Å². The largest absolute Gasteiger partial charge is 0.378 e. The van der Waals surface area contributed by atoms with Crippen LogP contribution in [0.5, 0.6) is 0 Å². The van der Waals surface area contributed by atoms with Crippen LogP contribution in [-0.4, -0.2) is 43.3 Å². The van der Waals surface area contributed by atoms with Crippen LogP contribution < -0.4 is 5.73 Å². The number of nitrogens with zero attached hydrogens (tertiary/aromatic N) is 1. The lowest BCUT2D eigenvalue weighted by molar-refractivity contribution is -0.0796. The maximum absolute atomic E-state index is 5.61. The van der Waals surface area contributed by atoms with Gasteiger partial charge in [-0.25, -0.2) is 0 Å². The molecule has 0 aromatic carbocycles. The molecule has 88 valence electrons. The Labute approximate surface area is 93.0 Å². The van der Waals surface area contributed by atoms with Crippen molar-refractivity contribution < 1.29 is 4.74 Å². The Morgan fingerprint density at radius 3 is 2.73 bits per heavy atom. The van der Waals surface area contributed by atoms with Gasteiger partial charge in [0.15, 0.2) is 0 Å². The smallest absolute Gasteiger partial charge is 0.0645 e. The van der Waals surface area contributed by atoms with Crippen molar-refractivity contribution in [2.24, 2.45) is 5.73 Å². The minimum Gasteiger partial charge on any atom is -0.378 e. The van der Waals surface area contributed by atoms with E-state index in [0.717, 1.165) is 25.8 Å². The number of hydrogen-bond acceptors (Lipinski definition) is 3. The SMILES string of the molecule is NCCCC1CCCCCN1C1COC1. The fourth-order valence-corrected chi connectivity index (χ4v) is 2.76. The molecule has 0 spiro atoms. The van der Waals surface area contributed by atoms with E-state index >= 15 is 0 Å². The monoisotopic (exact) mass is 212 g/mol. The van der Waals surface area contributed by atoms with Crippen LogP contribution in [0.3, 0.4) is 0 Å². The highest BCUT2D eigenvalue weighted by Crippen LogP contribution is 2.25. The minimum absolute atomic E-state index is 0.714. The second kappa shape index (κ2) is 5.83. The van der Waals surface area contributed by atoms with Crippen molar-refractivity contribution in [1.82, 2.24) is 4.90 Å².